The second kappa shape index (κ2) is 4.16. The van der Waals surface area contributed by atoms with Gasteiger partial charge in [0, 0.05) is 42.9 Å². The molecule has 2 unspecified atom stereocenters. The summed E-state index contributed by atoms with van der Waals surface area (Å²) in [4.78, 5) is 3.69. The van der Waals surface area contributed by atoms with Gasteiger partial charge in [0.2, 0.25) is 0 Å². The van der Waals surface area contributed by atoms with E-state index in [1.54, 1.807) is 0 Å². The van der Waals surface area contributed by atoms with Crippen LogP contribution in [0, 0.1) is 0 Å². The fourth-order valence-electron chi connectivity index (χ4n) is 3.31. The van der Waals surface area contributed by atoms with Gasteiger partial charge < -0.3 is 5.32 Å². The highest BCUT2D eigenvalue weighted by Crippen LogP contribution is 2.47. The SMILES string of the molecule is FC(F)(F)c1ccncc1C1(F)CC2CCC(C1)N2. The first-order valence-corrected chi connectivity index (χ1v) is 6.35. The fraction of sp³-hybridized carbons (Fsp3) is 0.615. The van der Waals surface area contributed by atoms with Crippen LogP contribution in [-0.4, -0.2) is 17.1 Å². The Hall–Kier alpha value is -1.17. The van der Waals surface area contributed by atoms with Gasteiger partial charge in [-0.3, -0.25) is 4.98 Å². The molecule has 2 aliphatic rings. The highest BCUT2D eigenvalue weighted by atomic mass is 19.4. The van der Waals surface area contributed by atoms with Crippen LogP contribution in [0.1, 0.15) is 36.8 Å². The maximum Gasteiger partial charge on any atom is 0.416 e. The molecule has 0 aliphatic carbocycles. The van der Waals surface area contributed by atoms with Crippen LogP contribution in [0.3, 0.4) is 0 Å². The lowest BCUT2D eigenvalue weighted by molar-refractivity contribution is -0.140. The second-order valence-electron chi connectivity index (χ2n) is 5.43. The van der Waals surface area contributed by atoms with Crippen molar-refractivity contribution >= 4 is 0 Å². The Bertz CT molecular complexity index is 474. The molecule has 0 saturated carbocycles. The van der Waals surface area contributed by atoms with E-state index in [1.807, 2.05) is 0 Å². The predicted molar refractivity (Wildman–Crippen MR) is 61.2 cm³/mol. The minimum absolute atomic E-state index is 0.0231. The molecule has 2 atom stereocenters. The van der Waals surface area contributed by atoms with Crippen LogP contribution >= 0.6 is 0 Å². The molecule has 1 aromatic rings. The summed E-state index contributed by atoms with van der Waals surface area (Å²) in [7, 11) is 0. The molecular formula is C13H14F4N2. The Morgan fingerprint density at radius 1 is 1.21 bits per heavy atom. The molecule has 0 spiro atoms. The van der Waals surface area contributed by atoms with Crippen molar-refractivity contribution in [3.8, 4) is 0 Å². The van der Waals surface area contributed by atoms with E-state index in [1.165, 1.54) is 0 Å². The number of aromatic nitrogens is 1. The maximum atomic E-state index is 15.1. The molecule has 0 aromatic carbocycles. The van der Waals surface area contributed by atoms with E-state index < -0.39 is 17.4 Å². The average Bonchev–Trinajstić information content (AvgIpc) is 2.68. The van der Waals surface area contributed by atoms with Crippen LogP contribution in [0.15, 0.2) is 18.5 Å². The number of fused-ring (bicyclic) bond motifs is 2. The largest absolute Gasteiger partial charge is 0.416 e. The molecule has 3 heterocycles. The zero-order valence-corrected chi connectivity index (χ0v) is 10.2. The number of hydrogen-bond acceptors (Lipinski definition) is 2. The van der Waals surface area contributed by atoms with E-state index in [2.05, 4.69) is 10.3 Å². The van der Waals surface area contributed by atoms with Gasteiger partial charge in [-0.15, -0.1) is 0 Å². The lowest BCUT2D eigenvalue weighted by atomic mass is 9.81. The normalized spacial score (nSPS) is 34.5. The van der Waals surface area contributed by atoms with E-state index in [9.17, 15) is 13.2 Å². The van der Waals surface area contributed by atoms with Crippen LogP contribution in [0.25, 0.3) is 0 Å². The van der Waals surface area contributed by atoms with Crippen molar-refractivity contribution in [3.63, 3.8) is 0 Å². The van der Waals surface area contributed by atoms with Crippen LogP contribution in [0.2, 0.25) is 0 Å². The molecule has 19 heavy (non-hydrogen) atoms. The fourth-order valence-corrected chi connectivity index (χ4v) is 3.31. The van der Waals surface area contributed by atoms with E-state index in [0.29, 0.717) is 0 Å². The Morgan fingerprint density at radius 2 is 1.84 bits per heavy atom. The molecule has 1 aromatic heterocycles. The molecule has 2 nitrogen and oxygen atoms in total. The first kappa shape index (κ1) is 12.8. The minimum Gasteiger partial charge on any atom is -0.311 e. The predicted octanol–water partition coefficient (Wildman–Crippen LogP) is 3.18. The summed E-state index contributed by atoms with van der Waals surface area (Å²) in [5, 5.41) is 3.23. The first-order chi connectivity index (χ1) is 8.88. The molecule has 2 aliphatic heterocycles. The van der Waals surface area contributed by atoms with E-state index in [-0.39, 0.29) is 30.5 Å². The average molecular weight is 274 g/mol. The molecule has 1 N–H and O–H groups in total. The van der Waals surface area contributed by atoms with Crippen LogP contribution in [0.4, 0.5) is 17.6 Å². The van der Waals surface area contributed by atoms with Gasteiger partial charge in [0.1, 0.15) is 5.67 Å². The van der Waals surface area contributed by atoms with Crippen LogP contribution < -0.4 is 5.32 Å². The third-order valence-electron chi connectivity index (χ3n) is 4.08. The topological polar surface area (TPSA) is 24.9 Å². The Morgan fingerprint density at radius 3 is 2.42 bits per heavy atom. The van der Waals surface area contributed by atoms with Crippen molar-refractivity contribution in [1.29, 1.82) is 0 Å². The van der Waals surface area contributed by atoms with Gasteiger partial charge in [-0.05, 0) is 18.9 Å². The molecule has 104 valence electrons. The molecule has 3 rings (SSSR count). The van der Waals surface area contributed by atoms with E-state index in [4.69, 9.17) is 0 Å². The highest BCUT2D eigenvalue weighted by molar-refractivity contribution is 5.33. The maximum absolute atomic E-state index is 15.1. The summed E-state index contributed by atoms with van der Waals surface area (Å²) in [5.41, 5.74) is -3.12. The molecule has 2 fully saturated rings. The molecule has 0 amide bonds. The number of alkyl halides is 4. The van der Waals surface area contributed by atoms with Crippen molar-refractivity contribution in [1.82, 2.24) is 10.3 Å². The van der Waals surface area contributed by atoms with Crippen molar-refractivity contribution < 1.29 is 17.6 Å². The summed E-state index contributed by atoms with van der Waals surface area (Å²) in [6.45, 7) is 0. The third kappa shape index (κ3) is 2.22. The second-order valence-corrected chi connectivity index (χ2v) is 5.43. The zero-order chi connectivity index (χ0) is 13.7. The number of rotatable bonds is 1. The van der Waals surface area contributed by atoms with Gasteiger partial charge >= 0.3 is 6.18 Å². The number of nitrogens with one attached hydrogen (secondary N) is 1. The number of halogens is 4. The Kier molecular flexibility index (Phi) is 2.81. The smallest absolute Gasteiger partial charge is 0.311 e. The summed E-state index contributed by atoms with van der Waals surface area (Å²) in [6.07, 6.45) is -0.591. The summed E-state index contributed by atoms with van der Waals surface area (Å²) in [5.74, 6) is 0. The zero-order valence-electron chi connectivity index (χ0n) is 10.2. The lowest BCUT2D eigenvalue weighted by Gasteiger charge is -2.36. The molecule has 6 heteroatoms. The van der Waals surface area contributed by atoms with E-state index >= 15 is 4.39 Å². The number of pyridine rings is 1. The highest BCUT2D eigenvalue weighted by Gasteiger charge is 2.49. The van der Waals surface area contributed by atoms with Crippen molar-refractivity contribution in [3.05, 3.63) is 29.6 Å². The summed E-state index contributed by atoms with van der Waals surface area (Å²) in [6, 6.07) is 0.815. The van der Waals surface area contributed by atoms with Crippen molar-refractivity contribution in [2.75, 3.05) is 0 Å². The summed E-state index contributed by atoms with van der Waals surface area (Å²) >= 11 is 0. The Labute approximate surface area is 108 Å². The standard InChI is InChI=1S/C13H14F4N2/c14-12(5-8-1-2-9(6-12)19-8)11-7-18-4-3-10(11)13(15,16)17/h3-4,7-9,19H,1-2,5-6H2. The van der Waals surface area contributed by atoms with Crippen LogP contribution in [-0.2, 0) is 11.8 Å². The van der Waals surface area contributed by atoms with Gasteiger partial charge in [0.05, 0.1) is 5.56 Å². The monoisotopic (exact) mass is 274 g/mol. The van der Waals surface area contributed by atoms with Gasteiger partial charge in [0.25, 0.3) is 0 Å². The molecule has 2 bridgehead atoms. The molecule has 0 radical (unpaired) electrons. The van der Waals surface area contributed by atoms with Gasteiger partial charge in [-0.1, -0.05) is 0 Å². The van der Waals surface area contributed by atoms with Gasteiger partial charge in [0.15, 0.2) is 0 Å². The third-order valence-corrected chi connectivity index (χ3v) is 4.08. The number of piperidine rings is 1. The molecular weight excluding hydrogens is 260 g/mol. The van der Waals surface area contributed by atoms with E-state index in [0.717, 1.165) is 31.3 Å². The van der Waals surface area contributed by atoms with Crippen molar-refractivity contribution in [2.45, 2.75) is 49.6 Å². The van der Waals surface area contributed by atoms with Gasteiger partial charge in [-0.2, -0.15) is 13.2 Å². The van der Waals surface area contributed by atoms with Gasteiger partial charge in [-0.25, -0.2) is 4.39 Å². The quantitative estimate of drug-likeness (QED) is 0.796. The Balaban J connectivity index is 2.02. The lowest BCUT2D eigenvalue weighted by Crippen LogP contribution is -2.45. The first-order valence-electron chi connectivity index (χ1n) is 6.35. The summed E-state index contributed by atoms with van der Waals surface area (Å²) < 4.78 is 54.0. The van der Waals surface area contributed by atoms with Crippen LogP contribution in [0.5, 0.6) is 0 Å². The minimum atomic E-state index is -4.54. The number of hydrogen-bond donors (Lipinski definition) is 1. The number of nitrogens with zero attached hydrogens (tertiary/aromatic N) is 1. The van der Waals surface area contributed by atoms with Crippen molar-refractivity contribution in [2.24, 2.45) is 0 Å². The molecule has 2 saturated heterocycles.